The molecule has 1 N–H and O–H groups in total. The Hall–Kier alpha value is -1.51. The van der Waals surface area contributed by atoms with Gasteiger partial charge >= 0.3 is 5.97 Å². The summed E-state index contributed by atoms with van der Waals surface area (Å²) in [5.41, 5.74) is 0.372. The lowest BCUT2D eigenvalue weighted by atomic mass is 10.1. The molecule has 0 fully saturated rings. The SMILES string of the molecule is Cc1cccc(C([O])=O)c1O. The lowest BCUT2D eigenvalue weighted by Gasteiger charge is -1.99. The van der Waals surface area contributed by atoms with E-state index in [1.54, 1.807) is 19.1 Å². The van der Waals surface area contributed by atoms with Crippen LogP contribution in [0.1, 0.15) is 15.9 Å². The molecule has 0 aliphatic carbocycles. The molecule has 1 rings (SSSR count). The number of benzene rings is 1. The zero-order valence-corrected chi connectivity index (χ0v) is 6.00. The van der Waals surface area contributed by atoms with Gasteiger partial charge in [-0.1, -0.05) is 12.1 Å². The van der Waals surface area contributed by atoms with Crippen LogP contribution in [0.25, 0.3) is 0 Å². The molecule has 3 nitrogen and oxygen atoms in total. The van der Waals surface area contributed by atoms with Crippen molar-refractivity contribution in [2.75, 3.05) is 0 Å². The molecule has 0 spiro atoms. The monoisotopic (exact) mass is 151 g/mol. The van der Waals surface area contributed by atoms with Gasteiger partial charge in [0.15, 0.2) is 0 Å². The summed E-state index contributed by atoms with van der Waals surface area (Å²) in [5, 5.41) is 19.4. The number of aromatic hydroxyl groups is 1. The molecule has 0 atom stereocenters. The standard InChI is InChI=1S/C8H7O3/c1-5-3-2-4-6(7(5)9)8(10)11/h2-4,9H,1H3. The molecule has 3 heteroatoms. The number of para-hydroxylation sites is 1. The number of phenolic OH excluding ortho intramolecular Hbond substituents is 1. The van der Waals surface area contributed by atoms with Gasteiger partial charge in [0.05, 0.1) is 0 Å². The first-order valence-electron chi connectivity index (χ1n) is 3.13. The second-order valence-electron chi connectivity index (χ2n) is 2.26. The normalized spacial score (nSPS) is 9.55. The zero-order chi connectivity index (χ0) is 8.43. The van der Waals surface area contributed by atoms with Crippen LogP contribution in [0.2, 0.25) is 0 Å². The summed E-state index contributed by atoms with van der Waals surface area (Å²) in [4.78, 5) is 10.3. The molecule has 57 valence electrons. The van der Waals surface area contributed by atoms with Crippen LogP contribution >= 0.6 is 0 Å². The average Bonchev–Trinajstić information content (AvgIpc) is 1.94. The second-order valence-corrected chi connectivity index (χ2v) is 2.26. The molecular weight excluding hydrogens is 144 g/mol. The molecule has 0 amide bonds. The number of carbonyl (C=O) groups excluding carboxylic acids is 1. The van der Waals surface area contributed by atoms with Crippen molar-refractivity contribution < 1.29 is 15.0 Å². The fourth-order valence-corrected chi connectivity index (χ4v) is 0.824. The molecule has 0 unspecified atom stereocenters. The van der Waals surface area contributed by atoms with E-state index in [-0.39, 0.29) is 11.3 Å². The van der Waals surface area contributed by atoms with Gasteiger partial charge in [0.1, 0.15) is 11.3 Å². The smallest absolute Gasteiger partial charge is 0.390 e. The van der Waals surface area contributed by atoms with Gasteiger partial charge in [0.2, 0.25) is 0 Å². The first kappa shape index (κ1) is 7.60. The third kappa shape index (κ3) is 1.32. The number of rotatable bonds is 1. The Morgan fingerprint density at radius 2 is 2.09 bits per heavy atom. The summed E-state index contributed by atoms with van der Waals surface area (Å²) in [6.45, 7) is 1.63. The van der Waals surface area contributed by atoms with Crippen molar-refractivity contribution in [2.45, 2.75) is 6.92 Å². The Bertz CT molecular complexity index is 291. The van der Waals surface area contributed by atoms with Gasteiger partial charge in [-0.05, 0) is 18.6 Å². The molecule has 11 heavy (non-hydrogen) atoms. The molecule has 0 aliphatic rings. The third-order valence-electron chi connectivity index (χ3n) is 1.46. The van der Waals surface area contributed by atoms with Gasteiger partial charge in [0.25, 0.3) is 0 Å². The van der Waals surface area contributed by atoms with E-state index in [2.05, 4.69) is 0 Å². The molecule has 1 aromatic carbocycles. The van der Waals surface area contributed by atoms with E-state index < -0.39 is 5.97 Å². The quantitative estimate of drug-likeness (QED) is 0.657. The highest BCUT2D eigenvalue weighted by molar-refractivity contribution is 5.90. The Labute approximate surface area is 63.9 Å². The molecule has 0 saturated heterocycles. The lowest BCUT2D eigenvalue weighted by Crippen LogP contribution is -1.95. The van der Waals surface area contributed by atoms with Gasteiger partial charge in [-0.25, -0.2) is 9.90 Å². The van der Waals surface area contributed by atoms with Crippen molar-refractivity contribution in [3.05, 3.63) is 29.3 Å². The average molecular weight is 151 g/mol. The van der Waals surface area contributed by atoms with Crippen LogP contribution in [-0.4, -0.2) is 11.1 Å². The molecular formula is C8H7O3. The van der Waals surface area contributed by atoms with Crippen molar-refractivity contribution in [3.63, 3.8) is 0 Å². The van der Waals surface area contributed by atoms with Crippen molar-refractivity contribution in [1.82, 2.24) is 0 Å². The van der Waals surface area contributed by atoms with Crippen LogP contribution in [-0.2, 0) is 5.11 Å². The molecule has 0 heterocycles. The second kappa shape index (κ2) is 2.62. The summed E-state index contributed by atoms with van der Waals surface area (Å²) >= 11 is 0. The van der Waals surface area contributed by atoms with E-state index >= 15 is 0 Å². The van der Waals surface area contributed by atoms with Gasteiger partial charge in [-0.3, -0.25) is 0 Å². The maximum absolute atomic E-state index is 10.3. The lowest BCUT2D eigenvalue weighted by molar-refractivity contribution is 0.0569. The van der Waals surface area contributed by atoms with Crippen LogP contribution in [0.4, 0.5) is 0 Å². The largest absolute Gasteiger partial charge is 0.507 e. The molecule has 0 aliphatic heterocycles. The van der Waals surface area contributed by atoms with Crippen molar-refractivity contribution >= 4 is 5.97 Å². The first-order valence-corrected chi connectivity index (χ1v) is 3.13. The number of hydrogen-bond acceptors (Lipinski definition) is 2. The van der Waals surface area contributed by atoms with E-state index in [1.807, 2.05) is 0 Å². The topological polar surface area (TPSA) is 57.2 Å². The summed E-state index contributed by atoms with van der Waals surface area (Å²) in [5.74, 6) is -1.57. The van der Waals surface area contributed by atoms with Gasteiger partial charge in [-0.15, -0.1) is 0 Å². The van der Waals surface area contributed by atoms with E-state index in [1.165, 1.54) is 6.07 Å². The van der Waals surface area contributed by atoms with Crippen LogP contribution in [0.3, 0.4) is 0 Å². The summed E-state index contributed by atoms with van der Waals surface area (Å²) < 4.78 is 0. The Morgan fingerprint density at radius 3 is 2.55 bits per heavy atom. The molecule has 1 radical (unpaired) electrons. The molecule has 0 bridgehead atoms. The zero-order valence-electron chi connectivity index (χ0n) is 6.00. The molecule has 1 aromatic rings. The van der Waals surface area contributed by atoms with Crippen LogP contribution in [0.5, 0.6) is 5.75 Å². The Morgan fingerprint density at radius 1 is 1.45 bits per heavy atom. The highest BCUT2D eigenvalue weighted by Gasteiger charge is 2.11. The first-order chi connectivity index (χ1) is 5.13. The maximum Gasteiger partial charge on any atom is 0.390 e. The van der Waals surface area contributed by atoms with Gasteiger partial charge in [0, 0.05) is 0 Å². The fourth-order valence-electron chi connectivity index (χ4n) is 0.824. The molecule has 0 aromatic heterocycles. The number of hydrogen-bond donors (Lipinski definition) is 1. The predicted octanol–water partition coefficient (Wildman–Crippen LogP) is 1.27. The van der Waals surface area contributed by atoms with Gasteiger partial charge in [-0.2, -0.15) is 0 Å². The van der Waals surface area contributed by atoms with Crippen molar-refractivity contribution in [2.24, 2.45) is 0 Å². The predicted molar refractivity (Wildman–Crippen MR) is 37.9 cm³/mol. The maximum atomic E-state index is 10.3. The van der Waals surface area contributed by atoms with Crippen LogP contribution in [0, 0.1) is 6.92 Å². The Balaban J connectivity index is 3.27. The van der Waals surface area contributed by atoms with Gasteiger partial charge < -0.3 is 5.11 Å². The highest BCUT2D eigenvalue weighted by atomic mass is 16.4. The highest BCUT2D eigenvalue weighted by Crippen LogP contribution is 2.20. The van der Waals surface area contributed by atoms with Crippen LogP contribution < -0.4 is 0 Å². The minimum Gasteiger partial charge on any atom is -0.507 e. The van der Waals surface area contributed by atoms with Crippen molar-refractivity contribution in [3.8, 4) is 5.75 Å². The number of phenols is 1. The number of aryl methyl sites for hydroxylation is 1. The van der Waals surface area contributed by atoms with Crippen LogP contribution in [0.15, 0.2) is 18.2 Å². The fraction of sp³-hybridized carbons (Fsp3) is 0.125. The molecule has 0 saturated carbocycles. The van der Waals surface area contributed by atoms with E-state index in [0.29, 0.717) is 5.56 Å². The van der Waals surface area contributed by atoms with E-state index in [0.717, 1.165) is 0 Å². The minimum atomic E-state index is -1.36. The van der Waals surface area contributed by atoms with E-state index in [4.69, 9.17) is 5.11 Å². The minimum absolute atomic E-state index is 0.162. The number of carbonyl (C=O) groups is 1. The Kier molecular flexibility index (Phi) is 1.81. The van der Waals surface area contributed by atoms with Crippen molar-refractivity contribution in [1.29, 1.82) is 0 Å². The summed E-state index contributed by atoms with van der Waals surface area (Å²) in [7, 11) is 0. The summed E-state index contributed by atoms with van der Waals surface area (Å²) in [6.07, 6.45) is 0. The summed E-state index contributed by atoms with van der Waals surface area (Å²) in [6, 6.07) is 4.49. The van der Waals surface area contributed by atoms with E-state index in [9.17, 15) is 9.90 Å². The third-order valence-corrected chi connectivity index (χ3v) is 1.46.